The number of nitrogens with two attached hydrogens (primary N) is 1. The summed E-state index contributed by atoms with van der Waals surface area (Å²) in [6.45, 7) is 1.99. The molecule has 0 saturated heterocycles. The Morgan fingerprint density at radius 1 is 1.18 bits per heavy atom. The first-order valence-electron chi connectivity index (χ1n) is 5.01. The molecule has 1 aromatic heterocycles. The Bertz CT molecular complexity index is 529. The van der Waals surface area contributed by atoms with Gasteiger partial charge in [0, 0.05) is 6.07 Å². The van der Waals surface area contributed by atoms with Gasteiger partial charge in [-0.25, -0.2) is 15.8 Å². The summed E-state index contributed by atoms with van der Waals surface area (Å²) in [5.41, 5.74) is 4.37. The van der Waals surface area contributed by atoms with Gasteiger partial charge < -0.3 is 10.7 Å². The van der Waals surface area contributed by atoms with Crippen LogP contribution in [-0.4, -0.2) is 9.97 Å². The molecular formula is C11H12ClN5. The predicted octanol–water partition coefficient (Wildman–Crippen LogP) is 2.47. The van der Waals surface area contributed by atoms with Crippen LogP contribution in [0.3, 0.4) is 0 Å². The van der Waals surface area contributed by atoms with E-state index in [0.29, 0.717) is 16.7 Å². The Hall–Kier alpha value is -1.85. The number of hydrazine groups is 1. The molecule has 1 heterocycles. The molecule has 17 heavy (non-hydrogen) atoms. The van der Waals surface area contributed by atoms with Gasteiger partial charge in [-0.1, -0.05) is 17.7 Å². The molecule has 0 atom stereocenters. The van der Waals surface area contributed by atoms with E-state index in [-0.39, 0.29) is 0 Å². The van der Waals surface area contributed by atoms with Crippen LogP contribution in [0.15, 0.2) is 30.6 Å². The van der Waals surface area contributed by atoms with Crippen LogP contribution in [0.1, 0.15) is 5.56 Å². The maximum absolute atomic E-state index is 6.07. The van der Waals surface area contributed by atoms with Gasteiger partial charge in [-0.15, -0.1) is 0 Å². The van der Waals surface area contributed by atoms with E-state index >= 15 is 0 Å². The van der Waals surface area contributed by atoms with Crippen molar-refractivity contribution < 1.29 is 0 Å². The van der Waals surface area contributed by atoms with Crippen LogP contribution in [0.4, 0.5) is 17.3 Å². The van der Waals surface area contributed by atoms with E-state index in [1.807, 2.05) is 25.1 Å². The largest absolute Gasteiger partial charge is 0.339 e. The van der Waals surface area contributed by atoms with Crippen molar-refractivity contribution in [3.63, 3.8) is 0 Å². The fourth-order valence-corrected chi connectivity index (χ4v) is 1.54. The standard InChI is InChI=1S/C11H12ClN5/c1-7-2-3-8(12)9(4-7)16-10-5-11(17-13)15-6-14-10/h2-6H,13H2,1H3,(H2,14,15,16,17). The second-order valence-electron chi connectivity index (χ2n) is 3.54. The normalized spacial score (nSPS) is 10.1. The third-order valence-corrected chi connectivity index (χ3v) is 2.53. The molecule has 5 nitrogen and oxygen atoms in total. The number of nitrogens with zero attached hydrogens (tertiary/aromatic N) is 2. The minimum Gasteiger partial charge on any atom is -0.339 e. The van der Waals surface area contributed by atoms with Gasteiger partial charge in [0.2, 0.25) is 0 Å². The number of halogens is 1. The molecule has 2 aromatic rings. The maximum Gasteiger partial charge on any atom is 0.145 e. The summed E-state index contributed by atoms with van der Waals surface area (Å²) >= 11 is 6.07. The van der Waals surface area contributed by atoms with Crippen LogP contribution < -0.4 is 16.6 Å². The van der Waals surface area contributed by atoms with Crippen molar-refractivity contribution >= 4 is 28.9 Å². The molecule has 0 fully saturated rings. The van der Waals surface area contributed by atoms with Gasteiger partial charge in [-0.05, 0) is 24.6 Å². The first kappa shape index (κ1) is 11.6. The predicted molar refractivity (Wildman–Crippen MR) is 69.3 cm³/mol. The number of hydrogen-bond acceptors (Lipinski definition) is 5. The molecule has 0 aliphatic rings. The lowest BCUT2D eigenvalue weighted by atomic mass is 10.2. The van der Waals surface area contributed by atoms with Crippen molar-refractivity contribution in [2.24, 2.45) is 5.84 Å². The quantitative estimate of drug-likeness (QED) is 0.576. The van der Waals surface area contributed by atoms with E-state index in [2.05, 4.69) is 20.7 Å². The Labute approximate surface area is 104 Å². The zero-order valence-electron chi connectivity index (χ0n) is 9.24. The minimum atomic E-state index is 0.534. The molecule has 6 heteroatoms. The molecule has 0 bridgehead atoms. The van der Waals surface area contributed by atoms with E-state index in [1.165, 1.54) is 6.33 Å². The van der Waals surface area contributed by atoms with Gasteiger partial charge in [-0.3, -0.25) is 0 Å². The summed E-state index contributed by atoms with van der Waals surface area (Å²) < 4.78 is 0. The molecule has 0 aliphatic heterocycles. The zero-order chi connectivity index (χ0) is 12.3. The van der Waals surface area contributed by atoms with E-state index in [1.54, 1.807) is 6.07 Å². The first-order chi connectivity index (χ1) is 8.19. The SMILES string of the molecule is Cc1ccc(Cl)c(Nc2cc(NN)ncn2)c1. The van der Waals surface area contributed by atoms with Crippen LogP contribution >= 0.6 is 11.6 Å². The summed E-state index contributed by atoms with van der Waals surface area (Å²) in [5.74, 6) is 6.43. The van der Waals surface area contributed by atoms with Crippen molar-refractivity contribution in [1.82, 2.24) is 9.97 Å². The third kappa shape index (κ3) is 2.83. The van der Waals surface area contributed by atoms with Crippen molar-refractivity contribution in [2.75, 3.05) is 10.7 Å². The number of aryl methyl sites for hydroxylation is 1. The topological polar surface area (TPSA) is 75.9 Å². The van der Waals surface area contributed by atoms with E-state index in [9.17, 15) is 0 Å². The number of anilines is 3. The lowest BCUT2D eigenvalue weighted by molar-refractivity contribution is 1.14. The van der Waals surface area contributed by atoms with Gasteiger partial charge in [0.15, 0.2) is 0 Å². The van der Waals surface area contributed by atoms with Crippen molar-refractivity contribution in [3.05, 3.63) is 41.2 Å². The van der Waals surface area contributed by atoms with Gasteiger partial charge >= 0.3 is 0 Å². The van der Waals surface area contributed by atoms with E-state index < -0.39 is 0 Å². The van der Waals surface area contributed by atoms with Crippen LogP contribution in [-0.2, 0) is 0 Å². The number of nitrogens with one attached hydrogen (secondary N) is 2. The lowest BCUT2D eigenvalue weighted by Crippen LogP contribution is -2.09. The average molecular weight is 250 g/mol. The van der Waals surface area contributed by atoms with Crippen LogP contribution in [0, 0.1) is 6.92 Å². The Balaban J connectivity index is 2.27. The van der Waals surface area contributed by atoms with Crippen molar-refractivity contribution in [3.8, 4) is 0 Å². The summed E-state index contributed by atoms with van der Waals surface area (Å²) in [7, 11) is 0. The third-order valence-electron chi connectivity index (χ3n) is 2.20. The fraction of sp³-hybridized carbons (Fsp3) is 0.0909. The van der Waals surface area contributed by atoms with Crippen LogP contribution in [0.25, 0.3) is 0 Å². The highest BCUT2D eigenvalue weighted by Crippen LogP contribution is 2.25. The highest BCUT2D eigenvalue weighted by Gasteiger charge is 2.03. The highest BCUT2D eigenvalue weighted by molar-refractivity contribution is 6.33. The number of nitrogen functional groups attached to an aromatic ring is 1. The summed E-state index contributed by atoms with van der Waals surface area (Å²) in [4.78, 5) is 8.00. The summed E-state index contributed by atoms with van der Waals surface area (Å²) in [5, 5.41) is 3.74. The molecule has 0 aliphatic carbocycles. The van der Waals surface area contributed by atoms with Crippen LogP contribution in [0.2, 0.25) is 5.02 Å². The fourth-order valence-electron chi connectivity index (χ4n) is 1.38. The molecule has 0 saturated carbocycles. The van der Waals surface area contributed by atoms with Gasteiger partial charge in [0.05, 0.1) is 10.7 Å². The first-order valence-corrected chi connectivity index (χ1v) is 5.38. The van der Waals surface area contributed by atoms with Gasteiger partial charge in [0.1, 0.15) is 18.0 Å². The molecule has 88 valence electrons. The summed E-state index contributed by atoms with van der Waals surface area (Å²) in [6, 6.07) is 7.42. The minimum absolute atomic E-state index is 0.534. The smallest absolute Gasteiger partial charge is 0.145 e. The number of rotatable bonds is 3. The van der Waals surface area contributed by atoms with Crippen molar-refractivity contribution in [2.45, 2.75) is 6.92 Å². The highest BCUT2D eigenvalue weighted by atomic mass is 35.5. The molecule has 4 N–H and O–H groups in total. The van der Waals surface area contributed by atoms with Crippen molar-refractivity contribution in [1.29, 1.82) is 0 Å². The molecular weight excluding hydrogens is 238 g/mol. The number of hydrogen-bond donors (Lipinski definition) is 3. The van der Waals surface area contributed by atoms with E-state index in [4.69, 9.17) is 17.4 Å². The molecule has 0 spiro atoms. The molecule has 0 amide bonds. The molecule has 0 radical (unpaired) electrons. The molecule has 0 unspecified atom stereocenters. The molecule has 1 aromatic carbocycles. The van der Waals surface area contributed by atoms with Gasteiger partial charge in [-0.2, -0.15) is 0 Å². The maximum atomic E-state index is 6.07. The van der Waals surface area contributed by atoms with Crippen LogP contribution in [0.5, 0.6) is 0 Å². The second-order valence-corrected chi connectivity index (χ2v) is 3.95. The van der Waals surface area contributed by atoms with E-state index in [0.717, 1.165) is 11.3 Å². The Kier molecular flexibility index (Phi) is 3.41. The lowest BCUT2D eigenvalue weighted by Gasteiger charge is -2.09. The average Bonchev–Trinajstić information content (AvgIpc) is 2.34. The monoisotopic (exact) mass is 249 g/mol. The second kappa shape index (κ2) is 4.99. The summed E-state index contributed by atoms with van der Waals surface area (Å²) in [6.07, 6.45) is 1.42. The zero-order valence-corrected chi connectivity index (χ0v) is 9.99. The molecule has 2 rings (SSSR count). The van der Waals surface area contributed by atoms with Gasteiger partial charge in [0.25, 0.3) is 0 Å². The Morgan fingerprint density at radius 3 is 2.71 bits per heavy atom. The number of benzene rings is 1. The Morgan fingerprint density at radius 2 is 1.94 bits per heavy atom. The number of aromatic nitrogens is 2.